The van der Waals surface area contributed by atoms with Crippen molar-refractivity contribution < 1.29 is 22.7 Å². The van der Waals surface area contributed by atoms with Crippen molar-refractivity contribution in [1.29, 1.82) is 0 Å². The Morgan fingerprint density at radius 1 is 1.00 bits per heavy atom. The molecule has 0 radical (unpaired) electrons. The summed E-state index contributed by atoms with van der Waals surface area (Å²) in [6, 6.07) is 5.33. The van der Waals surface area contributed by atoms with E-state index < -0.39 is 23.4 Å². The molecule has 2 N–H and O–H groups in total. The average Bonchev–Trinajstić information content (AvgIpc) is 2.47. The van der Waals surface area contributed by atoms with Crippen molar-refractivity contribution in [1.82, 2.24) is 5.32 Å². The predicted octanol–water partition coefficient (Wildman–Crippen LogP) is 4.95. The van der Waals surface area contributed by atoms with Crippen molar-refractivity contribution in [2.75, 3.05) is 5.32 Å². The fourth-order valence-electron chi connectivity index (χ4n) is 2.85. The molecule has 0 aromatic heterocycles. The number of amides is 1. The molecule has 1 amide bonds. The molecule has 1 fully saturated rings. The van der Waals surface area contributed by atoms with Crippen molar-refractivity contribution in [3.05, 3.63) is 29.8 Å². The molecular weight excluding hydrogens is 333 g/mol. The first-order valence-electron chi connectivity index (χ1n) is 8.46. The molecule has 1 saturated carbocycles. The van der Waals surface area contributed by atoms with Crippen molar-refractivity contribution in [3.63, 3.8) is 0 Å². The Morgan fingerprint density at radius 2 is 1.52 bits per heavy atom. The van der Waals surface area contributed by atoms with Gasteiger partial charge in [0.25, 0.3) is 0 Å². The van der Waals surface area contributed by atoms with Crippen LogP contribution in [0.2, 0.25) is 0 Å². The predicted molar refractivity (Wildman–Crippen MR) is 90.5 cm³/mol. The van der Waals surface area contributed by atoms with E-state index in [-0.39, 0.29) is 12.1 Å². The minimum Gasteiger partial charge on any atom is -0.444 e. The molecule has 0 unspecified atom stereocenters. The molecule has 0 bridgehead atoms. The number of nitrogens with one attached hydrogen (secondary N) is 2. The Balaban J connectivity index is 1.78. The topological polar surface area (TPSA) is 50.4 Å². The minimum absolute atomic E-state index is 0.0699. The zero-order valence-electron chi connectivity index (χ0n) is 14.7. The number of carbonyl (C=O) groups excluding carboxylic acids is 1. The molecule has 1 aromatic carbocycles. The zero-order chi connectivity index (χ0) is 18.7. The Hall–Kier alpha value is -1.92. The molecule has 1 aliphatic rings. The summed E-state index contributed by atoms with van der Waals surface area (Å²) in [5.74, 6) is 0. The number of carbonyl (C=O) groups is 1. The van der Waals surface area contributed by atoms with Gasteiger partial charge in [0, 0.05) is 17.8 Å². The second kappa shape index (κ2) is 7.54. The van der Waals surface area contributed by atoms with Crippen LogP contribution in [0.4, 0.5) is 23.7 Å². The van der Waals surface area contributed by atoms with Crippen molar-refractivity contribution in [2.24, 2.45) is 0 Å². The van der Waals surface area contributed by atoms with Gasteiger partial charge in [-0.25, -0.2) is 4.79 Å². The number of rotatable bonds is 3. The molecule has 0 heterocycles. The van der Waals surface area contributed by atoms with Crippen molar-refractivity contribution >= 4 is 11.8 Å². The van der Waals surface area contributed by atoms with E-state index >= 15 is 0 Å². The van der Waals surface area contributed by atoms with Crippen LogP contribution in [-0.2, 0) is 10.9 Å². The number of hydrogen-bond acceptors (Lipinski definition) is 3. The first-order chi connectivity index (χ1) is 11.5. The lowest BCUT2D eigenvalue weighted by Crippen LogP contribution is -2.42. The highest BCUT2D eigenvalue weighted by molar-refractivity contribution is 5.68. The van der Waals surface area contributed by atoms with E-state index in [1.54, 1.807) is 0 Å². The normalized spacial score (nSPS) is 21.5. The number of alkyl carbamates (subject to hydrolysis) is 1. The maximum atomic E-state index is 12.6. The van der Waals surface area contributed by atoms with Gasteiger partial charge in [0.15, 0.2) is 0 Å². The molecule has 1 aromatic rings. The van der Waals surface area contributed by atoms with E-state index in [0.717, 1.165) is 37.8 Å². The summed E-state index contributed by atoms with van der Waals surface area (Å²) >= 11 is 0. The van der Waals surface area contributed by atoms with Crippen LogP contribution in [0.1, 0.15) is 52.0 Å². The highest BCUT2D eigenvalue weighted by atomic mass is 19.4. The number of anilines is 1. The molecule has 25 heavy (non-hydrogen) atoms. The summed E-state index contributed by atoms with van der Waals surface area (Å²) < 4.78 is 42.9. The van der Waals surface area contributed by atoms with Crippen LogP contribution >= 0.6 is 0 Å². The highest BCUT2D eigenvalue weighted by Crippen LogP contribution is 2.30. The van der Waals surface area contributed by atoms with E-state index in [9.17, 15) is 18.0 Å². The number of ether oxygens (including phenoxy) is 1. The molecule has 4 nitrogen and oxygen atoms in total. The second-order valence-corrected chi connectivity index (χ2v) is 7.41. The van der Waals surface area contributed by atoms with Crippen LogP contribution in [0.15, 0.2) is 24.3 Å². The maximum Gasteiger partial charge on any atom is 0.416 e. The summed E-state index contributed by atoms with van der Waals surface area (Å²) in [5, 5.41) is 6.13. The highest BCUT2D eigenvalue weighted by Gasteiger charge is 2.30. The van der Waals surface area contributed by atoms with Gasteiger partial charge in [-0.1, -0.05) is 0 Å². The number of hydrogen-bond donors (Lipinski definition) is 2. The average molecular weight is 358 g/mol. The molecule has 140 valence electrons. The minimum atomic E-state index is -4.32. The Labute approximate surface area is 146 Å². The van der Waals surface area contributed by atoms with Gasteiger partial charge in [0.05, 0.1) is 5.56 Å². The van der Waals surface area contributed by atoms with Crippen LogP contribution < -0.4 is 10.6 Å². The monoisotopic (exact) mass is 358 g/mol. The molecule has 0 atom stereocenters. The summed E-state index contributed by atoms with van der Waals surface area (Å²) in [6.07, 6.45) is -1.45. The Kier molecular flexibility index (Phi) is 5.85. The molecular formula is C18H25F3N2O2. The third-order valence-electron chi connectivity index (χ3n) is 4.03. The standard InChI is InChI=1S/C18H25F3N2O2/c1-17(2,3)25-16(24)23-15-10-8-14(9-11-15)22-13-6-4-12(5-7-13)18(19,20)21/h4-7,14-15,22H,8-11H2,1-3H3,(H,23,24). The fourth-order valence-corrected chi connectivity index (χ4v) is 2.85. The first-order valence-corrected chi connectivity index (χ1v) is 8.46. The summed E-state index contributed by atoms with van der Waals surface area (Å²) in [6.45, 7) is 5.45. The second-order valence-electron chi connectivity index (χ2n) is 7.41. The molecule has 0 saturated heterocycles. The lowest BCUT2D eigenvalue weighted by atomic mass is 9.91. The summed E-state index contributed by atoms with van der Waals surface area (Å²) in [5.41, 5.74) is -0.495. The van der Waals surface area contributed by atoms with Gasteiger partial charge in [-0.2, -0.15) is 13.2 Å². The zero-order valence-corrected chi connectivity index (χ0v) is 14.7. The van der Waals surface area contributed by atoms with Gasteiger partial charge in [0.1, 0.15) is 5.60 Å². The number of alkyl halides is 3. The van der Waals surface area contributed by atoms with Crippen LogP contribution in [0.3, 0.4) is 0 Å². The quantitative estimate of drug-likeness (QED) is 0.803. The molecule has 7 heteroatoms. The van der Waals surface area contributed by atoms with Gasteiger partial charge in [-0.3, -0.25) is 0 Å². The molecule has 1 aliphatic carbocycles. The van der Waals surface area contributed by atoms with Crippen molar-refractivity contribution in [3.8, 4) is 0 Å². The third-order valence-corrected chi connectivity index (χ3v) is 4.03. The molecule has 0 aliphatic heterocycles. The lowest BCUT2D eigenvalue weighted by Gasteiger charge is -2.31. The van der Waals surface area contributed by atoms with E-state index in [2.05, 4.69) is 10.6 Å². The van der Waals surface area contributed by atoms with E-state index in [4.69, 9.17) is 4.74 Å². The van der Waals surface area contributed by atoms with Crippen LogP contribution in [0.25, 0.3) is 0 Å². The van der Waals surface area contributed by atoms with Gasteiger partial charge < -0.3 is 15.4 Å². The lowest BCUT2D eigenvalue weighted by molar-refractivity contribution is -0.137. The SMILES string of the molecule is CC(C)(C)OC(=O)NC1CCC(Nc2ccc(C(F)(F)F)cc2)CC1. The summed E-state index contributed by atoms with van der Waals surface area (Å²) in [4.78, 5) is 11.8. The Bertz CT molecular complexity index is 571. The van der Waals surface area contributed by atoms with Gasteiger partial charge in [0.2, 0.25) is 0 Å². The van der Waals surface area contributed by atoms with Crippen LogP contribution in [0, 0.1) is 0 Å². The smallest absolute Gasteiger partial charge is 0.416 e. The van der Waals surface area contributed by atoms with Gasteiger partial charge in [-0.05, 0) is 70.7 Å². The Morgan fingerprint density at radius 3 is 2.00 bits per heavy atom. The maximum absolute atomic E-state index is 12.6. The van der Waals surface area contributed by atoms with Crippen LogP contribution in [-0.4, -0.2) is 23.8 Å². The van der Waals surface area contributed by atoms with E-state index in [0.29, 0.717) is 5.69 Å². The molecule has 2 rings (SSSR count). The van der Waals surface area contributed by atoms with Gasteiger partial charge in [-0.15, -0.1) is 0 Å². The largest absolute Gasteiger partial charge is 0.444 e. The number of halogens is 3. The van der Waals surface area contributed by atoms with Crippen molar-refractivity contribution in [2.45, 2.75) is 70.3 Å². The van der Waals surface area contributed by atoms with Crippen LogP contribution in [0.5, 0.6) is 0 Å². The third kappa shape index (κ3) is 6.48. The summed E-state index contributed by atoms with van der Waals surface area (Å²) in [7, 11) is 0. The fraction of sp³-hybridized carbons (Fsp3) is 0.611. The van der Waals surface area contributed by atoms with E-state index in [1.807, 2.05) is 20.8 Å². The van der Waals surface area contributed by atoms with E-state index in [1.165, 1.54) is 12.1 Å². The molecule has 0 spiro atoms. The van der Waals surface area contributed by atoms with Gasteiger partial charge >= 0.3 is 12.3 Å². The first kappa shape index (κ1) is 19.4. The number of benzene rings is 1.